The zero-order valence-corrected chi connectivity index (χ0v) is 12.5. The van der Waals surface area contributed by atoms with Gasteiger partial charge in [0.2, 0.25) is 5.91 Å². The van der Waals surface area contributed by atoms with Crippen molar-refractivity contribution in [3.8, 4) is 0 Å². The molecule has 4 heteroatoms. The summed E-state index contributed by atoms with van der Waals surface area (Å²) in [5.41, 5.74) is 3.47. The molecule has 0 saturated carbocycles. The summed E-state index contributed by atoms with van der Waals surface area (Å²) in [6, 6.07) is 12.1. The molecule has 0 radical (unpaired) electrons. The molecule has 0 spiro atoms. The molecule has 104 valence electrons. The Morgan fingerprint density at radius 3 is 2.85 bits per heavy atom. The van der Waals surface area contributed by atoms with Gasteiger partial charge in [0, 0.05) is 11.9 Å². The average Bonchev–Trinajstić information content (AvgIpc) is 2.41. The first kappa shape index (κ1) is 14.6. The Balaban J connectivity index is 1.80. The predicted octanol–water partition coefficient (Wildman–Crippen LogP) is 3.57. The molecule has 0 bridgehead atoms. The standard InChI is InChI=1S/C16H18N2OS/c1-12-5-3-7-14(9-12)10-20-11-15(19)18-16-13(2)6-4-8-17-16/h3-9H,10-11H2,1-2H3,(H,17,18,19). The van der Waals surface area contributed by atoms with E-state index in [9.17, 15) is 4.79 Å². The fraction of sp³-hybridized carbons (Fsp3) is 0.250. The molecule has 2 aromatic rings. The molecular formula is C16H18N2OS. The van der Waals surface area contributed by atoms with E-state index >= 15 is 0 Å². The number of hydrogen-bond acceptors (Lipinski definition) is 3. The number of aromatic nitrogens is 1. The summed E-state index contributed by atoms with van der Waals surface area (Å²) in [5, 5.41) is 2.84. The van der Waals surface area contributed by atoms with Crippen LogP contribution in [0.5, 0.6) is 0 Å². The van der Waals surface area contributed by atoms with Gasteiger partial charge in [0.05, 0.1) is 5.75 Å². The Morgan fingerprint density at radius 1 is 1.25 bits per heavy atom. The van der Waals surface area contributed by atoms with E-state index in [4.69, 9.17) is 0 Å². The lowest BCUT2D eigenvalue weighted by atomic mass is 10.2. The van der Waals surface area contributed by atoms with Crippen molar-refractivity contribution in [1.82, 2.24) is 4.98 Å². The predicted molar refractivity (Wildman–Crippen MR) is 84.9 cm³/mol. The van der Waals surface area contributed by atoms with E-state index in [1.807, 2.05) is 25.1 Å². The third-order valence-corrected chi connectivity index (χ3v) is 3.86. The summed E-state index contributed by atoms with van der Waals surface area (Å²) >= 11 is 1.61. The van der Waals surface area contributed by atoms with Gasteiger partial charge in [-0.25, -0.2) is 4.98 Å². The molecule has 0 aliphatic carbocycles. The van der Waals surface area contributed by atoms with E-state index in [0.29, 0.717) is 11.6 Å². The highest BCUT2D eigenvalue weighted by Crippen LogP contribution is 2.15. The van der Waals surface area contributed by atoms with Gasteiger partial charge in [0.15, 0.2) is 0 Å². The van der Waals surface area contributed by atoms with Crippen LogP contribution in [-0.2, 0) is 10.5 Å². The van der Waals surface area contributed by atoms with Gasteiger partial charge < -0.3 is 5.32 Å². The Bertz CT molecular complexity index is 599. The summed E-state index contributed by atoms with van der Waals surface area (Å²) in [7, 11) is 0. The number of carbonyl (C=O) groups excluding carboxylic acids is 1. The lowest BCUT2D eigenvalue weighted by Gasteiger charge is -2.07. The van der Waals surface area contributed by atoms with Crippen molar-refractivity contribution in [1.29, 1.82) is 0 Å². The maximum Gasteiger partial charge on any atom is 0.235 e. The number of benzene rings is 1. The fourth-order valence-electron chi connectivity index (χ4n) is 1.85. The molecule has 0 atom stereocenters. The first-order valence-corrected chi connectivity index (χ1v) is 7.65. The van der Waals surface area contributed by atoms with E-state index in [1.54, 1.807) is 18.0 Å². The normalized spacial score (nSPS) is 10.3. The number of nitrogens with zero attached hydrogens (tertiary/aromatic N) is 1. The molecule has 1 N–H and O–H groups in total. The largest absolute Gasteiger partial charge is 0.310 e. The van der Waals surface area contributed by atoms with Crippen LogP contribution in [0.3, 0.4) is 0 Å². The van der Waals surface area contributed by atoms with Crippen LogP contribution in [-0.4, -0.2) is 16.6 Å². The van der Waals surface area contributed by atoms with Crippen molar-refractivity contribution in [2.24, 2.45) is 0 Å². The maximum atomic E-state index is 11.8. The van der Waals surface area contributed by atoms with E-state index in [2.05, 4.69) is 35.4 Å². The second-order valence-electron chi connectivity index (χ2n) is 4.70. The first-order valence-electron chi connectivity index (χ1n) is 6.50. The average molecular weight is 286 g/mol. The molecule has 0 unspecified atom stereocenters. The zero-order chi connectivity index (χ0) is 14.4. The van der Waals surface area contributed by atoms with Crippen molar-refractivity contribution in [3.05, 3.63) is 59.3 Å². The van der Waals surface area contributed by atoms with Crippen LogP contribution in [0.4, 0.5) is 5.82 Å². The molecule has 0 saturated heterocycles. The Morgan fingerprint density at radius 2 is 2.10 bits per heavy atom. The topological polar surface area (TPSA) is 42.0 Å². The van der Waals surface area contributed by atoms with E-state index in [1.165, 1.54) is 11.1 Å². The van der Waals surface area contributed by atoms with Gasteiger partial charge in [0.1, 0.15) is 5.82 Å². The third-order valence-electron chi connectivity index (χ3n) is 2.85. The minimum atomic E-state index is -0.00977. The summed E-state index contributed by atoms with van der Waals surface area (Å²) < 4.78 is 0. The van der Waals surface area contributed by atoms with Crippen molar-refractivity contribution < 1.29 is 4.79 Å². The van der Waals surface area contributed by atoms with Gasteiger partial charge in [-0.2, -0.15) is 0 Å². The Hall–Kier alpha value is -1.81. The van der Waals surface area contributed by atoms with Crippen molar-refractivity contribution in [2.75, 3.05) is 11.1 Å². The lowest BCUT2D eigenvalue weighted by molar-refractivity contribution is -0.113. The molecule has 20 heavy (non-hydrogen) atoms. The minimum absolute atomic E-state index is 0.00977. The van der Waals surface area contributed by atoms with Gasteiger partial charge in [-0.05, 0) is 31.0 Å². The van der Waals surface area contributed by atoms with Gasteiger partial charge in [-0.3, -0.25) is 4.79 Å². The van der Waals surface area contributed by atoms with Crippen LogP contribution in [0.15, 0.2) is 42.6 Å². The van der Waals surface area contributed by atoms with Crippen LogP contribution in [0.2, 0.25) is 0 Å². The lowest BCUT2D eigenvalue weighted by Crippen LogP contribution is -2.15. The SMILES string of the molecule is Cc1cccc(CSCC(=O)Nc2ncccc2C)c1. The molecular weight excluding hydrogens is 268 g/mol. The van der Waals surface area contributed by atoms with Crippen LogP contribution >= 0.6 is 11.8 Å². The number of hydrogen-bond donors (Lipinski definition) is 1. The van der Waals surface area contributed by atoms with Crippen molar-refractivity contribution in [2.45, 2.75) is 19.6 Å². The second-order valence-corrected chi connectivity index (χ2v) is 5.68. The fourth-order valence-corrected chi connectivity index (χ4v) is 2.62. The second kappa shape index (κ2) is 7.10. The quantitative estimate of drug-likeness (QED) is 0.913. The van der Waals surface area contributed by atoms with Crippen molar-refractivity contribution >= 4 is 23.5 Å². The summed E-state index contributed by atoms with van der Waals surface area (Å²) in [4.78, 5) is 16.0. The van der Waals surface area contributed by atoms with Gasteiger partial charge in [0.25, 0.3) is 0 Å². The van der Waals surface area contributed by atoms with Crippen LogP contribution in [0.1, 0.15) is 16.7 Å². The van der Waals surface area contributed by atoms with E-state index in [-0.39, 0.29) is 5.91 Å². The van der Waals surface area contributed by atoms with Gasteiger partial charge in [-0.1, -0.05) is 35.9 Å². The number of nitrogens with one attached hydrogen (secondary N) is 1. The summed E-state index contributed by atoms with van der Waals surface area (Å²) in [6.07, 6.45) is 1.68. The molecule has 2 rings (SSSR count). The van der Waals surface area contributed by atoms with Crippen LogP contribution < -0.4 is 5.32 Å². The summed E-state index contributed by atoms with van der Waals surface area (Å²) in [6.45, 7) is 4.01. The van der Waals surface area contributed by atoms with E-state index in [0.717, 1.165) is 11.3 Å². The molecule has 1 aromatic carbocycles. The molecule has 0 aliphatic rings. The molecule has 3 nitrogen and oxygen atoms in total. The van der Waals surface area contributed by atoms with Gasteiger partial charge >= 0.3 is 0 Å². The summed E-state index contributed by atoms with van der Waals surface area (Å²) in [5.74, 6) is 1.92. The molecule has 0 aliphatic heterocycles. The molecule has 0 fully saturated rings. The van der Waals surface area contributed by atoms with Gasteiger partial charge in [-0.15, -0.1) is 11.8 Å². The molecule has 1 amide bonds. The minimum Gasteiger partial charge on any atom is -0.310 e. The highest BCUT2D eigenvalue weighted by molar-refractivity contribution is 7.99. The number of anilines is 1. The zero-order valence-electron chi connectivity index (χ0n) is 11.7. The Kier molecular flexibility index (Phi) is 5.18. The monoisotopic (exact) mass is 286 g/mol. The number of aryl methyl sites for hydroxylation is 2. The number of carbonyl (C=O) groups is 1. The van der Waals surface area contributed by atoms with Crippen molar-refractivity contribution in [3.63, 3.8) is 0 Å². The molecule has 1 heterocycles. The number of thioether (sulfide) groups is 1. The van der Waals surface area contributed by atoms with E-state index < -0.39 is 0 Å². The highest BCUT2D eigenvalue weighted by Gasteiger charge is 2.05. The smallest absolute Gasteiger partial charge is 0.235 e. The number of rotatable bonds is 5. The molecule has 1 aromatic heterocycles. The van der Waals surface area contributed by atoms with Crippen LogP contribution in [0, 0.1) is 13.8 Å². The Labute approximate surface area is 123 Å². The van der Waals surface area contributed by atoms with Crippen LogP contribution in [0.25, 0.3) is 0 Å². The highest BCUT2D eigenvalue weighted by atomic mass is 32.2. The third kappa shape index (κ3) is 4.38. The first-order chi connectivity index (χ1) is 9.65. The number of pyridine rings is 1. The maximum absolute atomic E-state index is 11.8. The number of amides is 1.